The van der Waals surface area contributed by atoms with Gasteiger partial charge in [0.15, 0.2) is 11.5 Å². The average Bonchev–Trinajstić information content (AvgIpc) is 2.08. The monoisotopic (exact) mass is 269 g/mol. The molecule has 1 rings (SSSR count). The summed E-state index contributed by atoms with van der Waals surface area (Å²) in [6.45, 7) is 0.429. The third kappa shape index (κ3) is 4.83. The van der Waals surface area contributed by atoms with Crippen molar-refractivity contribution >= 4 is 20.2 Å². The van der Waals surface area contributed by atoms with Gasteiger partial charge in [-0.05, 0) is 30.7 Å². The quantitative estimate of drug-likeness (QED) is 0.601. The molecule has 5 N–H and O–H groups in total. The third-order valence-electron chi connectivity index (χ3n) is 1.67. The molecule has 0 unspecified atom stereocenters. The predicted molar refractivity (Wildman–Crippen MR) is 60.8 cm³/mol. The van der Waals surface area contributed by atoms with Gasteiger partial charge in [-0.1, -0.05) is 6.07 Å². The molecule has 0 aliphatic carbocycles. The van der Waals surface area contributed by atoms with Crippen LogP contribution in [0.4, 0.5) is 0 Å². The van der Waals surface area contributed by atoms with Crippen LogP contribution in [0.15, 0.2) is 18.2 Å². The zero-order chi connectivity index (χ0) is 11.5. The lowest BCUT2D eigenvalue weighted by Gasteiger charge is -2.09. The van der Waals surface area contributed by atoms with E-state index in [2.05, 4.69) is 4.52 Å². The summed E-state index contributed by atoms with van der Waals surface area (Å²) in [5, 5.41) is 9.37. The Kier molecular flexibility index (Phi) is 5.78. The Morgan fingerprint density at radius 2 is 2.00 bits per heavy atom. The maximum atomic E-state index is 10.5. The van der Waals surface area contributed by atoms with E-state index in [4.69, 9.17) is 15.5 Å². The standard InChI is InChI=1S/C8H12NO5P.ClH/c9-4-3-6-1-2-8(7(10)5-6)14-15(11,12)13;/h1-2,5,10H,3-4,9H2,(H2,11,12,13);1H. The molecule has 0 aromatic heterocycles. The zero-order valence-electron chi connectivity index (χ0n) is 8.24. The van der Waals surface area contributed by atoms with E-state index in [1.807, 2.05) is 0 Å². The van der Waals surface area contributed by atoms with Gasteiger partial charge in [-0.25, -0.2) is 4.57 Å². The molecule has 0 amide bonds. The van der Waals surface area contributed by atoms with Crippen LogP contribution in [0.2, 0.25) is 0 Å². The van der Waals surface area contributed by atoms with E-state index in [9.17, 15) is 9.67 Å². The molecule has 6 nitrogen and oxygen atoms in total. The highest BCUT2D eigenvalue weighted by molar-refractivity contribution is 7.46. The Morgan fingerprint density at radius 3 is 2.44 bits per heavy atom. The number of halogens is 1. The molecule has 0 atom stereocenters. The summed E-state index contributed by atoms with van der Waals surface area (Å²) in [5.41, 5.74) is 6.08. The van der Waals surface area contributed by atoms with Crippen LogP contribution in [-0.2, 0) is 11.0 Å². The number of hydrogen-bond donors (Lipinski definition) is 4. The second-order valence-electron chi connectivity index (χ2n) is 2.92. The van der Waals surface area contributed by atoms with Gasteiger partial charge >= 0.3 is 7.82 Å². The van der Waals surface area contributed by atoms with Gasteiger partial charge in [-0.15, -0.1) is 12.4 Å². The molecule has 0 spiro atoms. The maximum Gasteiger partial charge on any atom is 0.524 e. The van der Waals surface area contributed by atoms with Crippen molar-refractivity contribution < 1.29 is 24.0 Å². The van der Waals surface area contributed by atoms with E-state index in [0.29, 0.717) is 13.0 Å². The first kappa shape index (κ1) is 15.2. The fraction of sp³-hybridized carbons (Fsp3) is 0.250. The molecule has 1 aromatic carbocycles. The predicted octanol–water partition coefficient (Wildman–Crippen LogP) is 0.787. The van der Waals surface area contributed by atoms with Crippen molar-refractivity contribution in [2.24, 2.45) is 5.73 Å². The molecule has 0 bridgehead atoms. The molecule has 8 heteroatoms. The fourth-order valence-electron chi connectivity index (χ4n) is 1.09. The van der Waals surface area contributed by atoms with Crippen LogP contribution >= 0.6 is 20.2 Å². The number of phosphoric ester groups is 1. The smallest absolute Gasteiger partial charge is 0.504 e. The lowest BCUT2D eigenvalue weighted by atomic mass is 10.1. The number of rotatable bonds is 4. The van der Waals surface area contributed by atoms with Crippen molar-refractivity contribution in [2.45, 2.75) is 6.42 Å². The average molecular weight is 270 g/mol. The largest absolute Gasteiger partial charge is 0.524 e. The Hall–Kier alpha value is -0.780. The van der Waals surface area contributed by atoms with Crippen LogP contribution in [0, 0.1) is 0 Å². The molecule has 1 aromatic rings. The summed E-state index contributed by atoms with van der Waals surface area (Å²) < 4.78 is 14.8. The number of phenolic OH excluding ortho intramolecular Hbond substituents is 1. The van der Waals surface area contributed by atoms with Gasteiger partial charge in [0.25, 0.3) is 0 Å². The van der Waals surface area contributed by atoms with Crippen LogP contribution in [0.1, 0.15) is 5.56 Å². The normalized spacial score (nSPS) is 10.7. The highest BCUT2D eigenvalue weighted by atomic mass is 35.5. The number of phenols is 1. The van der Waals surface area contributed by atoms with Crippen LogP contribution in [0.25, 0.3) is 0 Å². The minimum Gasteiger partial charge on any atom is -0.504 e. The molecule has 0 aliphatic heterocycles. The van der Waals surface area contributed by atoms with Gasteiger partial charge in [-0.3, -0.25) is 9.79 Å². The number of phosphoric acid groups is 1. The van der Waals surface area contributed by atoms with Gasteiger partial charge < -0.3 is 15.4 Å². The summed E-state index contributed by atoms with van der Waals surface area (Å²) in [5.74, 6) is -0.562. The van der Waals surface area contributed by atoms with E-state index in [-0.39, 0.29) is 23.9 Å². The number of aromatic hydroxyl groups is 1. The first-order valence-corrected chi connectivity index (χ1v) is 5.72. The fourth-order valence-corrected chi connectivity index (χ4v) is 1.50. The summed E-state index contributed by atoms with van der Waals surface area (Å²) in [4.78, 5) is 17.1. The molecule has 0 saturated heterocycles. The minimum absolute atomic E-state index is 0. The lowest BCUT2D eigenvalue weighted by Crippen LogP contribution is -2.02. The van der Waals surface area contributed by atoms with Gasteiger partial charge in [0.2, 0.25) is 0 Å². The van der Waals surface area contributed by atoms with Crippen LogP contribution in [-0.4, -0.2) is 21.4 Å². The number of hydrogen-bond acceptors (Lipinski definition) is 4. The molecule has 0 fully saturated rings. The van der Waals surface area contributed by atoms with Crippen molar-refractivity contribution in [3.05, 3.63) is 23.8 Å². The first-order chi connectivity index (χ1) is 6.92. The lowest BCUT2D eigenvalue weighted by molar-refractivity contribution is 0.277. The molecule has 0 aliphatic rings. The Bertz CT molecular complexity index is 394. The Balaban J connectivity index is 0.00000225. The summed E-state index contributed by atoms with van der Waals surface area (Å²) in [6.07, 6.45) is 0.573. The molecule has 0 heterocycles. The Morgan fingerprint density at radius 1 is 1.38 bits per heavy atom. The summed E-state index contributed by atoms with van der Waals surface area (Å²) in [7, 11) is -4.63. The van der Waals surface area contributed by atoms with Gasteiger partial charge in [-0.2, -0.15) is 0 Å². The van der Waals surface area contributed by atoms with E-state index in [0.717, 1.165) is 5.56 Å². The second kappa shape index (κ2) is 6.08. The van der Waals surface area contributed by atoms with Gasteiger partial charge in [0.1, 0.15) is 0 Å². The number of benzene rings is 1. The molecular formula is C8H13ClNO5P. The van der Waals surface area contributed by atoms with Crippen molar-refractivity contribution in [2.75, 3.05) is 6.54 Å². The molecule has 92 valence electrons. The molecular weight excluding hydrogens is 257 g/mol. The van der Waals surface area contributed by atoms with E-state index in [1.165, 1.54) is 12.1 Å². The van der Waals surface area contributed by atoms with Crippen molar-refractivity contribution in [3.8, 4) is 11.5 Å². The molecule has 0 radical (unpaired) electrons. The van der Waals surface area contributed by atoms with Crippen molar-refractivity contribution in [1.29, 1.82) is 0 Å². The topological polar surface area (TPSA) is 113 Å². The van der Waals surface area contributed by atoms with E-state index < -0.39 is 7.82 Å². The SMILES string of the molecule is Cl.NCCc1ccc(OP(=O)(O)O)c(O)c1. The zero-order valence-corrected chi connectivity index (χ0v) is 9.95. The third-order valence-corrected chi connectivity index (χ3v) is 2.11. The van der Waals surface area contributed by atoms with Crippen molar-refractivity contribution in [3.63, 3.8) is 0 Å². The first-order valence-electron chi connectivity index (χ1n) is 4.19. The highest BCUT2D eigenvalue weighted by Crippen LogP contribution is 2.41. The van der Waals surface area contributed by atoms with Crippen LogP contribution < -0.4 is 10.3 Å². The molecule has 0 saturated carbocycles. The number of nitrogens with two attached hydrogens (primary N) is 1. The minimum atomic E-state index is -4.63. The van der Waals surface area contributed by atoms with Crippen LogP contribution in [0.5, 0.6) is 11.5 Å². The van der Waals surface area contributed by atoms with Crippen molar-refractivity contribution in [1.82, 2.24) is 0 Å². The second-order valence-corrected chi connectivity index (χ2v) is 4.09. The van der Waals surface area contributed by atoms with Gasteiger partial charge in [0.05, 0.1) is 0 Å². The summed E-state index contributed by atoms with van der Waals surface area (Å²) >= 11 is 0. The van der Waals surface area contributed by atoms with E-state index in [1.54, 1.807) is 6.07 Å². The Labute approximate surface area is 98.7 Å². The van der Waals surface area contributed by atoms with E-state index >= 15 is 0 Å². The summed E-state index contributed by atoms with van der Waals surface area (Å²) in [6, 6.07) is 4.23. The molecule has 16 heavy (non-hydrogen) atoms. The van der Waals surface area contributed by atoms with Crippen LogP contribution in [0.3, 0.4) is 0 Å². The maximum absolute atomic E-state index is 10.5. The highest BCUT2D eigenvalue weighted by Gasteiger charge is 2.18. The van der Waals surface area contributed by atoms with Gasteiger partial charge in [0, 0.05) is 0 Å².